The Morgan fingerprint density at radius 2 is 2.08 bits per heavy atom. The molecule has 5 nitrogen and oxygen atoms in total. The molecule has 0 spiro atoms. The lowest BCUT2D eigenvalue weighted by Gasteiger charge is -2.08. The van der Waals surface area contributed by atoms with Crippen molar-refractivity contribution in [2.75, 3.05) is 13.2 Å². The molecule has 0 amide bonds. The van der Waals surface area contributed by atoms with Crippen LogP contribution in [0.4, 0.5) is 0 Å². The Hall–Kier alpha value is -0.650. The maximum Gasteiger partial charge on any atom is 0.308 e. The van der Waals surface area contributed by atoms with Crippen molar-refractivity contribution in [2.24, 2.45) is 0 Å². The number of esters is 1. The van der Waals surface area contributed by atoms with E-state index in [0.717, 1.165) is 0 Å². The molecule has 0 saturated carbocycles. The second kappa shape index (κ2) is 5.93. The normalized spacial score (nSPS) is 15.3. The highest BCUT2D eigenvalue weighted by Gasteiger charge is 2.09. The third kappa shape index (κ3) is 6.09. The van der Waals surface area contributed by atoms with Crippen LogP contribution in [0.2, 0.25) is 0 Å². The molecule has 0 saturated heterocycles. The third-order valence-electron chi connectivity index (χ3n) is 1.11. The number of hydrogen-bond acceptors (Lipinski definition) is 5. The van der Waals surface area contributed by atoms with E-state index in [1.54, 1.807) is 0 Å². The number of carbonyl (C=O) groups excluding carboxylic acids is 1. The van der Waals surface area contributed by atoms with E-state index in [4.69, 9.17) is 15.3 Å². The van der Waals surface area contributed by atoms with Gasteiger partial charge in [0, 0.05) is 0 Å². The molecule has 0 rings (SSSR count). The monoisotopic (exact) mass is 178 g/mol. The second-order valence-corrected chi connectivity index (χ2v) is 2.57. The molecule has 2 unspecified atom stereocenters. The molecule has 3 N–H and O–H groups in total. The predicted octanol–water partition coefficient (Wildman–Crippen LogP) is -1.35. The van der Waals surface area contributed by atoms with Gasteiger partial charge in [0.05, 0.1) is 19.1 Å². The maximum absolute atomic E-state index is 10.7. The molecule has 0 aromatic heterocycles. The second-order valence-electron chi connectivity index (χ2n) is 2.57. The van der Waals surface area contributed by atoms with Crippen molar-refractivity contribution in [3.8, 4) is 0 Å². The van der Waals surface area contributed by atoms with Crippen LogP contribution in [0.1, 0.15) is 13.3 Å². The fourth-order valence-electron chi connectivity index (χ4n) is 0.542. The lowest BCUT2D eigenvalue weighted by Crippen LogP contribution is -2.23. The first-order chi connectivity index (χ1) is 5.56. The summed E-state index contributed by atoms with van der Waals surface area (Å²) in [6, 6.07) is 0. The molecular formula is C7H14O5. The van der Waals surface area contributed by atoms with Gasteiger partial charge in [-0.25, -0.2) is 0 Å². The highest BCUT2D eigenvalue weighted by molar-refractivity contribution is 5.69. The smallest absolute Gasteiger partial charge is 0.308 e. The van der Waals surface area contributed by atoms with Crippen LogP contribution in [-0.2, 0) is 9.53 Å². The summed E-state index contributed by atoms with van der Waals surface area (Å²) >= 11 is 0. The highest BCUT2D eigenvalue weighted by Crippen LogP contribution is 1.94. The average molecular weight is 178 g/mol. The first kappa shape index (κ1) is 11.4. The lowest BCUT2D eigenvalue weighted by molar-refractivity contribution is -0.149. The van der Waals surface area contributed by atoms with Crippen molar-refractivity contribution in [1.82, 2.24) is 0 Å². The zero-order chi connectivity index (χ0) is 9.56. The van der Waals surface area contributed by atoms with Crippen LogP contribution < -0.4 is 0 Å². The Morgan fingerprint density at radius 1 is 1.50 bits per heavy atom. The molecule has 0 aromatic rings. The number of aliphatic hydroxyl groups excluding tert-OH is 3. The minimum atomic E-state index is -1.04. The zero-order valence-electron chi connectivity index (χ0n) is 6.93. The van der Waals surface area contributed by atoms with Crippen molar-refractivity contribution in [3.63, 3.8) is 0 Å². The molecule has 5 heteroatoms. The van der Waals surface area contributed by atoms with Crippen LogP contribution in [0.15, 0.2) is 0 Å². The van der Waals surface area contributed by atoms with Crippen LogP contribution in [0, 0.1) is 0 Å². The van der Waals surface area contributed by atoms with Gasteiger partial charge in [-0.05, 0) is 6.92 Å². The first-order valence-electron chi connectivity index (χ1n) is 3.69. The summed E-state index contributed by atoms with van der Waals surface area (Å²) in [7, 11) is 0. The van der Waals surface area contributed by atoms with Gasteiger partial charge >= 0.3 is 5.97 Å². The summed E-state index contributed by atoms with van der Waals surface area (Å²) in [6.45, 7) is 0.785. The molecule has 0 aliphatic rings. The minimum Gasteiger partial charge on any atom is -0.463 e. The van der Waals surface area contributed by atoms with Gasteiger partial charge in [0.1, 0.15) is 12.7 Å². The van der Waals surface area contributed by atoms with Crippen LogP contribution in [0.5, 0.6) is 0 Å². The molecule has 0 aliphatic heterocycles. The molecule has 0 bridgehead atoms. The summed E-state index contributed by atoms with van der Waals surface area (Å²) < 4.78 is 4.50. The topological polar surface area (TPSA) is 87.0 Å². The van der Waals surface area contributed by atoms with Crippen LogP contribution >= 0.6 is 0 Å². The first-order valence-corrected chi connectivity index (χ1v) is 3.69. The summed E-state index contributed by atoms with van der Waals surface area (Å²) in [5.74, 6) is -0.586. The fraction of sp³-hybridized carbons (Fsp3) is 0.857. The Labute approximate surface area is 70.6 Å². The van der Waals surface area contributed by atoms with Crippen LogP contribution in [-0.4, -0.2) is 46.7 Å². The molecule has 0 heterocycles. The van der Waals surface area contributed by atoms with Gasteiger partial charge < -0.3 is 20.1 Å². The molecule has 0 aliphatic carbocycles. The third-order valence-corrected chi connectivity index (χ3v) is 1.11. The molecule has 0 fully saturated rings. The highest BCUT2D eigenvalue weighted by atomic mass is 16.5. The summed E-state index contributed by atoms with van der Waals surface area (Å²) in [5.41, 5.74) is 0. The molecule has 2 atom stereocenters. The van der Waals surface area contributed by atoms with E-state index in [1.807, 2.05) is 0 Å². The van der Waals surface area contributed by atoms with Crippen molar-refractivity contribution in [3.05, 3.63) is 0 Å². The molecule has 72 valence electrons. The lowest BCUT2D eigenvalue weighted by atomic mass is 10.3. The standard InChI is InChI=1S/C7H14O5/c1-5(9)2-7(11)12-4-6(10)3-8/h5-6,8-10H,2-4H2,1H3. The van der Waals surface area contributed by atoms with E-state index in [9.17, 15) is 4.79 Å². The average Bonchev–Trinajstić information content (AvgIpc) is 1.99. The summed E-state index contributed by atoms with van der Waals surface area (Å²) in [4.78, 5) is 10.7. The number of ether oxygens (including phenoxy) is 1. The van der Waals surface area contributed by atoms with E-state index in [2.05, 4.69) is 4.74 Å². The van der Waals surface area contributed by atoms with E-state index in [1.165, 1.54) is 6.92 Å². The maximum atomic E-state index is 10.7. The van der Waals surface area contributed by atoms with Crippen LogP contribution in [0.3, 0.4) is 0 Å². The number of aliphatic hydroxyl groups is 3. The number of hydrogen-bond donors (Lipinski definition) is 3. The SMILES string of the molecule is CC(O)CC(=O)OCC(O)CO. The van der Waals surface area contributed by atoms with Gasteiger partial charge in [0.15, 0.2) is 0 Å². The Bertz CT molecular complexity index is 134. The van der Waals surface area contributed by atoms with E-state index in [0.29, 0.717) is 0 Å². The van der Waals surface area contributed by atoms with Gasteiger partial charge in [-0.15, -0.1) is 0 Å². The predicted molar refractivity (Wildman–Crippen MR) is 40.3 cm³/mol. The van der Waals surface area contributed by atoms with E-state index >= 15 is 0 Å². The number of rotatable bonds is 5. The van der Waals surface area contributed by atoms with Crippen molar-refractivity contribution >= 4 is 5.97 Å². The van der Waals surface area contributed by atoms with Gasteiger partial charge in [-0.3, -0.25) is 4.79 Å². The van der Waals surface area contributed by atoms with Gasteiger partial charge in [0.2, 0.25) is 0 Å². The summed E-state index contributed by atoms with van der Waals surface area (Å²) in [6.07, 6.45) is -1.88. The Kier molecular flexibility index (Phi) is 5.61. The number of carbonyl (C=O) groups is 1. The van der Waals surface area contributed by atoms with Gasteiger partial charge in [-0.1, -0.05) is 0 Å². The molecule has 12 heavy (non-hydrogen) atoms. The quantitative estimate of drug-likeness (QED) is 0.453. The van der Waals surface area contributed by atoms with E-state index in [-0.39, 0.29) is 13.0 Å². The molecule has 0 aromatic carbocycles. The van der Waals surface area contributed by atoms with Crippen LogP contribution in [0.25, 0.3) is 0 Å². The summed E-state index contributed by atoms with van der Waals surface area (Å²) in [5, 5.41) is 25.8. The van der Waals surface area contributed by atoms with Gasteiger partial charge in [-0.2, -0.15) is 0 Å². The zero-order valence-corrected chi connectivity index (χ0v) is 6.93. The van der Waals surface area contributed by atoms with E-state index < -0.39 is 24.8 Å². The van der Waals surface area contributed by atoms with Gasteiger partial charge in [0.25, 0.3) is 0 Å². The molecule has 0 radical (unpaired) electrons. The fourth-order valence-corrected chi connectivity index (χ4v) is 0.542. The molecular weight excluding hydrogens is 164 g/mol. The van der Waals surface area contributed by atoms with Crippen molar-refractivity contribution in [1.29, 1.82) is 0 Å². The Morgan fingerprint density at radius 3 is 2.50 bits per heavy atom. The van der Waals surface area contributed by atoms with Crippen molar-refractivity contribution < 1.29 is 24.9 Å². The Balaban J connectivity index is 3.44. The largest absolute Gasteiger partial charge is 0.463 e. The minimum absolute atomic E-state index is 0.0991. The van der Waals surface area contributed by atoms with Crippen molar-refractivity contribution in [2.45, 2.75) is 25.6 Å².